The van der Waals surface area contributed by atoms with Crippen molar-refractivity contribution >= 4 is 0 Å². The molecule has 0 bridgehead atoms. The van der Waals surface area contributed by atoms with Crippen molar-refractivity contribution in [2.45, 2.75) is 18.8 Å². The molecule has 1 aliphatic carbocycles. The van der Waals surface area contributed by atoms with Crippen LogP contribution in [0.15, 0.2) is 218 Å². The van der Waals surface area contributed by atoms with E-state index in [1.807, 2.05) is 54.6 Å². The summed E-state index contributed by atoms with van der Waals surface area (Å²) in [7, 11) is 0. The lowest BCUT2D eigenvalue weighted by atomic mass is 9.82. The molecule has 0 amide bonds. The topological polar surface area (TPSA) is 64.5 Å². The number of hydrogen-bond acceptors (Lipinski definition) is 5. The van der Waals surface area contributed by atoms with Crippen LogP contribution in [-0.2, 0) is 5.41 Å². The van der Waals surface area contributed by atoms with E-state index in [4.69, 9.17) is 24.9 Å². The van der Waals surface area contributed by atoms with Gasteiger partial charge in [-0.05, 0) is 66.9 Å². The van der Waals surface area contributed by atoms with Crippen molar-refractivity contribution < 1.29 is 0 Å². The molecule has 1 atom stereocenters. The Morgan fingerprint density at radius 2 is 0.689 bits per heavy atom. The molecule has 9 aromatic rings. The number of pyridine rings is 1. The van der Waals surface area contributed by atoms with E-state index in [0.29, 0.717) is 5.82 Å². The Morgan fingerprint density at radius 1 is 0.328 bits per heavy atom. The third-order valence-electron chi connectivity index (χ3n) is 11.2. The summed E-state index contributed by atoms with van der Waals surface area (Å²) >= 11 is 0. The molecule has 0 fully saturated rings. The molecule has 0 spiro atoms. The highest BCUT2D eigenvalue weighted by atomic mass is 14.9. The van der Waals surface area contributed by atoms with Gasteiger partial charge in [-0.3, -0.25) is 0 Å². The van der Waals surface area contributed by atoms with Gasteiger partial charge in [-0.2, -0.15) is 0 Å². The highest BCUT2D eigenvalue weighted by Gasteiger charge is 2.28. The molecule has 0 saturated carbocycles. The van der Waals surface area contributed by atoms with Crippen molar-refractivity contribution in [2.75, 3.05) is 0 Å². The van der Waals surface area contributed by atoms with Crippen LogP contribution in [0.2, 0.25) is 0 Å². The van der Waals surface area contributed by atoms with Gasteiger partial charge in [0.05, 0.1) is 34.2 Å². The average molecular weight is 784 g/mol. The fourth-order valence-electron chi connectivity index (χ4n) is 7.87. The third kappa shape index (κ3) is 7.97. The molecule has 3 heterocycles. The molecule has 1 unspecified atom stereocenters. The van der Waals surface area contributed by atoms with Crippen molar-refractivity contribution in [1.82, 2.24) is 24.9 Å². The van der Waals surface area contributed by atoms with Crippen LogP contribution in [0.1, 0.15) is 19.2 Å². The van der Waals surface area contributed by atoms with Crippen molar-refractivity contribution in [3.8, 4) is 90.1 Å². The summed E-state index contributed by atoms with van der Waals surface area (Å²) in [5.74, 6) is 1.43. The molecule has 0 aliphatic heterocycles. The molecule has 5 heteroatoms. The molecule has 3 aromatic heterocycles. The van der Waals surface area contributed by atoms with Gasteiger partial charge < -0.3 is 0 Å². The van der Waals surface area contributed by atoms with E-state index in [1.54, 1.807) is 0 Å². The van der Waals surface area contributed by atoms with Gasteiger partial charge in [-0.1, -0.05) is 176 Å². The van der Waals surface area contributed by atoms with E-state index in [9.17, 15) is 0 Å². The molecular formula is C56H41N5. The fourth-order valence-corrected chi connectivity index (χ4v) is 7.87. The van der Waals surface area contributed by atoms with Crippen LogP contribution in [0.4, 0.5) is 0 Å². The zero-order valence-corrected chi connectivity index (χ0v) is 33.7. The zero-order valence-electron chi connectivity index (χ0n) is 33.7. The Kier molecular flexibility index (Phi) is 10.1. The van der Waals surface area contributed by atoms with Crippen LogP contribution in [0, 0.1) is 0 Å². The SMILES string of the molecule is CC1(c2nc(-c3ccccc3)cc(-c3cc(-c4cc(-c5ccccc5)nc(-c5ccccc5)c4)cc(-c4cc(-c5ccccc5)nc(-c5ccccc5)n4)c3)n2)C=CC=CC1. The van der Waals surface area contributed by atoms with E-state index in [-0.39, 0.29) is 5.41 Å². The Morgan fingerprint density at radius 3 is 1.13 bits per heavy atom. The number of benzene rings is 6. The summed E-state index contributed by atoms with van der Waals surface area (Å²) in [6, 6.07) is 67.0. The van der Waals surface area contributed by atoms with Crippen LogP contribution < -0.4 is 0 Å². The van der Waals surface area contributed by atoms with Crippen molar-refractivity contribution in [3.05, 3.63) is 224 Å². The van der Waals surface area contributed by atoms with Crippen molar-refractivity contribution in [2.24, 2.45) is 0 Å². The summed E-state index contributed by atoms with van der Waals surface area (Å²) in [6.07, 6.45) is 9.41. The number of rotatable bonds is 9. The zero-order chi connectivity index (χ0) is 41.0. The molecule has 61 heavy (non-hydrogen) atoms. The van der Waals surface area contributed by atoms with E-state index in [0.717, 1.165) is 96.5 Å². The number of hydrogen-bond donors (Lipinski definition) is 0. The first-order chi connectivity index (χ1) is 30.0. The van der Waals surface area contributed by atoms with Crippen LogP contribution in [0.25, 0.3) is 90.1 Å². The monoisotopic (exact) mass is 783 g/mol. The predicted molar refractivity (Wildman–Crippen MR) is 249 cm³/mol. The second kappa shape index (κ2) is 16.4. The van der Waals surface area contributed by atoms with Gasteiger partial charge in [0, 0.05) is 44.4 Å². The summed E-state index contributed by atoms with van der Waals surface area (Å²) in [5, 5.41) is 0. The molecule has 290 valence electrons. The van der Waals surface area contributed by atoms with Crippen molar-refractivity contribution in [1.29, 1.82) is 0 Å². The first kappa shape index (κ1) is 37.4. The van der Waals surface area contributed by atoms with E-state index >= 15 is 0 Å². The minimum atomic E-state index is -0.378. The highest BCUT2D eigenvalue weighted by molar-refractivity contribution is 5.85. The maximum absolute atomic E-state index is 5.41. The maximum atomic E-state index is 5.41. The van der Waals surface area contributed by atoms with Gasteiger partial charge in [-0.15, -0.1) is 0 Å². The number of nitrogens with zero attached hydrogens (tertiary/aromatic N) is 5. The molecular weight excluding hydrogens is 743 g/mol. The minimum Gasteiger partial charge on any atom is -0.248 e. The summed E-state index contributed by atoms with van der Waals surface area (Å²) in [4.78, 5) is 26.3. The second-order valence-corrected chi connectivity index (χ2v) is 15.6. The second-order valence-electron chi connectivity index (χ2n) is 15.6. The largest absolute Gasteiger partial charge is 0.248 e. The quantitative estimate of drug-likeness (QED) is 0.146. The lowest BCUT2D eigenvalue weighted by molar-refractivity contribution is 0.557. The lowest BCUT2D eigenvalue weighted by Gasteiger charge is -2.26. The Balaban J connectivity index is 1.24. The molecule has 1 aliphatic rings. The number of allylic oxidation sites excluding steroid dienone is 4. The average Bonchev–Trinajstić information content (AvgIpc) is 3.35. The highest BCUT2D eigenvalue weighted by Crippen LogP contribution is 2.39. The summed E-state index contributed by atoms with van der Waals surface area (Å²) < 4.78 is 0. The molecule has 5 nitrogen and oxygen atoms in total. The normalized spacial score (nSPS) is 14.5. The van der Waals surface area contributed by atoms with Gasteiger partial charge in [-0.25, -0.2) is 24.9 Å². The lowest BCUT2D eigenvalue weighted by Crippen LogP contribution is -2.23. The van der Waals surface area contributed by atoms with Crippen LogP contribution in [-0.4, -0.2) is 24.9 Å². The van der Waals surface area contributed by atoms with Crippen LogP contribution >= 0.6 is 0 Å². The van der Waals surface area contributed by atoms with Crippen molar-refractivity contribution in [3.63, 3.8) is 0 Å². The first-order valence-electron chi connectivity index (χ1n) is 20.6. The summed E-state index contributed by atoms with van der Waals surface area (Å²) in [5.41, 5.74) is 13.8. The van der Waals surface area contributed by atoms with E-state index < -0.39 is 0 Å². The molecule has 0 N–H and O–H groups in total. The van der Waals surface area contributed by atoms with Gasteiger partial charge >= 0.3 is 0 Å². The summed E-state index contributed by atoms with van der Waals surface area (Å²) in [6.45, 7) is 2.22. The first-order valence-corrected chi connectivity index (χ1v) is 20.6. The molecule has 10 rings (SSSR count). The van der Waals surface area contributed by atoms with E-state index in [1.165, 1.54) is 0 Å². The maximum Gasteiger partial charge on any atom is 0.160 e. The third-order valence-corrected chi connectivity index (χ3v) is 11.2. The standard InChI is InChI=1S/C56H41N5/c1-56(30-18-7-19-31-56)55-60-51(42-26-14-5-15-27-42)38-53(61-55)47-33-44(45-35-48(39-20-8-2-9-21-39)57-49(36-45)40-22-10-3-11-23-40)32-46(34-47)52-37-50(41-24-12-4-13-25-41)58-54(59-52)43-28-16-6-17-29-43/h2-30,32-38H,31H2,1H3. The Hall–Kier alpha value is -7.89. The van der Waals surface area contributed by atoms with Gasteiger partial charge in [0.1, 0.15) is 5.82 Å². The minimum absolute atomic E-state index is 0.378. The fraction of sp³-hybridized carbons (Fsp3) is 0.0536. The van der Waals surface area contributed by atoms with Gasteiger partial charge in [0.25, 0.3) is 0 Å². The van der Waals surface area contributed by atoms with Crippen LogP contribution in [0.5, 0.6) is 0 Å². The molecule has 0 saturated heterocycles. The van der Waals surface area contributed by atoms with E-state index in [2.05, 4.69) is 171 Å². The van der Waals surface area contributed by atoms with Gasteiger partial charge in [0.15, 0.2) is 5.82 Å². The Labute approximate surface area is 356 Å². The smallest absolute Gasteiger partial charge is 0.160 e. The predicted octanol–water partition coefficient (Wildman–Crippen LogP) is 13.8. The molecule has 6 aromatic carbocycles. The number of aromatic nitrogens is 5. The van der Waals surface area contributed by atoms with Gasteiger partial charge in [0.2, 0.25) is 0 Å². The Bertz CT molecular complexity index is 2780. The van der Waals surface area contributed by atoms with Crippen LogP contribution in [0.3, 0.4) is 0 Å². The molecule has 0 radical (unpaired) electrons.